The molecule has 64 valence electrons. The van der Waals surface area contributed by atoms with Crippen molar-refractivity contribution in [2.24, 2.45) is 0 Å². The molecule has 1 N–H and O–H groups in total. The zero-order chi connectivity index (χ0) is 7.23. The molecule has 0 saturated heterocycles. The monoisotopic (exact) mass is 235 g/mol. The molecular weight excluding hydrogens is 222 g/mol. The highest BCUT2D eigenvalue weighted by atomic mass is 79.9. The van der Waals surface area contributed by atoms with Gasteiger partial charge in [-0.15, -0.1) is 0 Å². The molecule has 0 radical (unpaired) electrons. The summed E-state index contributed by atoms with van der Waals surface area (Å²) in [5.41, 5.74) is 0. The van der Waals surface area contributed by atoms with Gasteiger partial charge in [-0.25, -0.2) is 4.98 Å². The van der Waals surface area contributed by atoms with Crippen molar-refractivity contribution in [1.29, 1.82) is 0 Å². The lowest BCUT2D eigenvalue weighted by Gasteiger charge is -1.89. The van der Waals surface area contributed by atoms with Crippen LogP contribution in [-0.4, -0.2) is 0 Å². The second-order valence-electron chi connectivity index (χ2n) is 2.45. The lowest BCUT2D eigenvalue weighted by molar-refractivity contribution is -0.382. The van der Waals surface area contributed by atoms with Gasteiger partial charge in [-0.05, 0) is 6.42 Å². The molecule has 1 nitrogen and oxygen atoms in total. The topological polar surface area (TPSA) is 14.1 Å². The third kappa shape index (κ3) is 4.53. The number of aromatic nitrogens is 1. The van der Waals surface area contributed by atoms with Gasteiger partial charge in [-0.2, -0.15) is 0 Å². The molecule has 0 aliphatic heterocycles. The van der Waals surface area contributed by atoms with E-state index in [0.717, 1.165) is 0 Å². The fraction of sp³-hybridized carbons (Fsp3) is 0.625. The summed E-state index contributed by atoms with van der Waals surface area (Å²) < 4.78 is 0. The van der Waals surface area contributed by atoms with Gasteiger partial charge in [0.15, 0.2) is 6.20 Å². The molecule has 1 aromatic rings. The Balaban J connectivity index is 0.000001000. The number of hydrogen-bond donors (Lipinski definition) is 0. The number of H-pyrrole nitrogens is 1. The second kappa shape index (κ2) is 6.80. The van der Waals surface area contributed by atoms with E-state index in [1.807, 2.05) is 17.5 Å². The Morgan fingerprint density at radius 1 is 1.45 bits per heavy atom. The molecular formula is C8H14BrNS. The van der Waals surface area contributed by atoms with Crippen LogP contribution >= 0.6 is 11.3 Å². The molecule has 0 aliphatic rings. The van der Waals surface area contributed by atoms with E-state index in [9.17, 15) is 0 Å². The highest BCUT2D eigenvalue weighted by Crippen LogP contribution is 2.05. The van der Waals surface area contributed by atoms with Crippen LogP contribution in [0.4, 0.5) is 0 Å². The average Bonchev–Trinajstić information content (AvgIpc) is 2.41. The van der Waals surface area contributed by atoms with E-state index in [-0.39, 0.29) is 17.0 Å². The van der Waals surface area contributed by atoms with Crippen LogP contribution in [0.1, 0.15) is 31.2 Å². The van der Waals surface area contributed by atoms with Gasteiger partial charge in [0.25, 0.3) is 0 Å². The van der Waals surface area contributed by atoms with E-state index in [1.54, 1.807) is 0 Å². The molecule has 1 heterocycles. The number of unbranched alkanes of at least 4 members (excludes halogenated alkanes) is 2. The predicted molar refractivity (Wildman–Crippen MR) is 44.1 cm³/mol. The van der Waals surface area contributed by atoms with Crippen LogP contribution in [0.5, 0.6) is 0 Å². The lowest BCUT2D eigenvalue weighted by Crippen LogP contribution is -3.00. The summed E-state index contributed by atoms with van der Waals surface area (Å²) in [5, 5.41) is 3.51. The van der Waals surface area contributed by atoms with Crippen LogP contribution in [0.2, 0.25) is 0 Å². The number of aromatic amines is 1. The van der Waals surface area contributed by atoms with Gasteiger partial charge in [0, 0.05) is 6.42 Å². The quantitative estimate of drug-likeness (QED) is 0.614. The molecule has 0 bridgehead atoms. The molecule has 0 amide bonds. The largest absolute Gasteiger partial charge is 1.00 e. The van der Waals surface area contributed by atoms with Gasteiger partial charge in [0.05, 0.1) is 5.38 Å². The number of rotatable bonds is 4. The van der Waals surface area contributed by atoms with Crippen molar-refractivity contribution < 1.29 is 22.0 Å². The molecule has 3 heteroatoms. The molecule has 0 spiro atoms. The van der Waals surface area contributed by atoms with E-state index < -0.39 is 0 Å². The van der Waals surface area contributed by atoms with Crippen LogP contribution in [0.3, 0.4) is 0 Å². The van der Waals surface area contributed by atoms with Gasteiger partial charge in [-0.1, -0.05) is 31.1 Å². The van der Waals surface area contributed by atoms with E-state index in [0.29, 0.717) is 0 Å². The zero-order valence-electron chi connectivity index (χ0n) is 6.77. The molecule has 1 aromatic heterocycles. The molecule has 0 aliphatic carbocycles. The number of halogens is 1. The highest BCUT2D eigenvalue weighted by Gasteiger charge is 1.99. The molecule has 0 saturated carbocycles. The lowest BCUT2D eigenvalue weighted by atomic mass is 10.2. The van der Waals surface area contributed by atoms with Gasteiger partial charge < -0.3 is 17.0 Å². The summed E-state index contributed by atoms with van der Waals surface area (Å²) in [7, 11) is 0. The Kier molecular flexibility index (Phi) is 6.87. The maximum atomic E-state index is 3.21. The molecule has 0 unspecified atom stereocenters. The van der Waals surface area contributed by atoms with Crippen molar-refractivity contribution in [3.8, 4) is 0 Å². The maximum Gasteiger partial charge on any atom is 0.235 e. The standard InChI is InChI=1S/C8H13NS.BrH/c1-2-3-4-5-8-9-6-7-10-8;/h6-7H,2-5H2,1H3;1H. The first-order valence-corrected chi connectivity index (χ1v) is 4.75. The number of aryl methyl sites for hydroxylation is 1. The Labute approximate surface area is 82.6 Å². The van der Waals surface area contributed by atoms with Crippen LogP contribution in [0, 0.1) is 0 Å². The van der Waals surface area contributed by atoms with Gasteiger partial charge >= 0.3 is 0 Å². The van der Waals surface area contributed by atoms with Gasteiger partial charge in [0.1, 0.15) is 0 Å². The Bertz CT molecular complexity index is 163. The van der Waals surface area contributed by atoms with Crippen LogP contribution in [0.15, 0.2) is 11.6 Å². The van der Waals surface area contributed by atoms with Crippen molar-refractivity contribution in [2.45, 2.75) is 32.6 Å². The van der Waals surface area contributed by atoms with Crippen molar-refractivity contribution >= 4 is 11.3 Å². The summed E-state index contributed by atoms with van der Waals surface area (Å²) in [6.07, 6.45) is 7.22. The first kappa shape index (κ1) is 11.1. The predicted octanol–water partition coefficient (Wildman–Crippen LogP) is -0.701. The molecule has 0 atom stereocenters. The van der Waals surface area contributed by atoms with Crippen molar-refractivity contribution in [1.82, 2.24) is 0 Å². The third-order valence-electron chi connectivity index (χ3n) is 1.53. The van der Waals surface area contributed by atoms with Crippen LogP contribution in [0.25, 0.3) is 0 Å². The summed E-state index contributed by atoms with van der Waals surface area (Å²) in [5.74, 6) is 0. The van der Waals surface area contributed by atoms with Crippen molar-refractivity contribution in [2.75, 3.05) is 0 Å². The van der Waals surface area contributed by atoms with E-state index >= 15 is 0 Å². The Hall–Kier alpha value is 0.110. The molecule has 0 aromatic carbocycles. The van der Waals surface area contributed by atoms with Gasteiger partial charge in [0.2, 0.25) is 5.01 Å². The number of hydrogen-bond acceptors (Lipinski definition) is 1. The summed E-state index contributed by atoms with van der Waals surface area (Å²) in [6, 6.07) is 0. The average molecular weight is 236 g/mol. The first-order valence-electron chi connectivity index (χ1n) is 3.87. The summed E-state index contributed by atoms with van der Waals surface area (Å²) in [4.78, 5) is 3.21. The normalized spacial score (nSPS) is 9.18. The minimum Gasteiger partial charge on any atom is -1.00 e. The van der Waals surface area contributed by atoms with Crippen molar-refractivity contribution in [3.63, 3.8) is 0 Å². The number of nitrogens with one attached hydrogen (secondary N) is 1. The SMILES string of the molecule is CCCCCc1[nH+]ccs1.[Br-]. The van der Waals surface area contributed by atoms with Gasteiger partial charge in [-0.3, -0.25) is 0 Å². The number of thiazole rings is 1. The summed E-state index contributed by atoms with van der Waals surface area (Å²) >= 11 is 1.82. The minimum absolute atomic E-state index is 0. The smallest absolute Gasteiger partial charge is 0.235 e. The Morgan fingerprint density at radius 3 is 2.82 bits per heavy atom. The van der Waals surface area contributed by atoms with E-state index in [4.69, 9.17) is 0 Å². The fourth-order valence-electron chi connectivity index (χ4n) is 0.944. The first-order chi connectivity index (χ1) is 4.93. The fourth-order valence-corrected chi connectivity index (χ4v) is 1.64. The van der Waals surface area contributed by atoms with Crippen molar-refractivity contribution in [3.05, 3.63) is 16.6 Å². The molecule has 0 fully saturated rings. The zero-order valence-corrected chi connectivity index (χ0v) is 9.17. The van der Waals surface area contributed by atoms with Crippen LogP contribution in [-0.2, 0) is 6.42 Å². The van der Waals surface area contributed by atoms with Crippen LogP contribution < -0.4 is 22.0 Å². The van der Waals surface area contributed by atoms with E-state index in [2.05, 4.69) is 17.3 Å². The van der Waals surface area contributed by atoms with E-state index in [1.165, 1.54) is 30.7 Å². The highest BCUT2D eigenvalue weighted by molar-refractivity contribution is 7.09. The third-order valence-corrected chi connectivity index (χ3v) is 2.41. The Morgan fingerprint density at radius 2 is 2.27 bits per heavy atom. The molecule has 11 heavy (non-hydrogen) atoms. The minimum atomic E-state index is 0. The molecule has 1 rings (SSSR count). The summed E-state index contributed by atoms with van der Waals surface area (Å²) in [6.45, 7) is 2.23. The second-order valence-corrected chi connectivity index (χ2v) is 3.45. The maximum absolute atomic E-state index is 3.21.